The van der Waals surface area contributed by atoms with Crippen LogP contribution in [0.4, 0.5) is 0 Å². The summed E-state index contributed by atoms with van der Waals surface area (Å²) < 4.78 is 5.73. The van der Waals surface area contributed by atoms with Gasteiger partial charge in [-0.25, -0.2) is 0 Å². The standard InChI is InChI=1S/C16H24N2O2/c1-4-18-15(19)9-8-14(17)16(18)12-6-5-7-13(10-12)20-11(2)3/h5-7,10-11,14,16H,4,8-9,17H2,1-3H3. The molecule has 2 unspecified atom stereocenters. The maximum Gasteiger partial charge on any atom is 0.223 e. The molecule has 4 nitrogen and oxygen atoms in total. The summed E-state index contributed by atoms with van der Waals surface area (Å²) in [7, 11) is 0. The van der Waals surface area contributed by atoms with Gasteiger partial charge in [0.1, 0.15) is 5.75 Å². The van der Waals surface area contributed by atoms with E-state index in [1.54, 1.807) is 0 Å². The number of benzene rings is 1. The topological polar surface area (TPSA) is 55.6 Å². The monoisotopic (exact) mass is 276 g/mol. The van der Waals surface area contributed by atoms with E-state index in [9.17, 15) is 4.79 Å². The van der Waals surface area contributed by atoms with Crippen LogP contribution in [-0.4, -0.2) is 29.5 Å². The molecule has 1 amide bonds. The van der Waals surface area contributed by atoms with Gasteiger partial charge in [0, 0.05) is 19.0 Å². The fraction of sp³-hybridized carbons (Fsp3) is 0.562. The number of ether oxygens (including phenoxy) is 1. The van der Waals surface area contributed by atoms with Crippen molar-refractivity contribution in [1.29, 1.82) is 0 Å². The van der Waals surface area contributed by atoms with Crippen molar-refractivity contribution in [3.63, 3.8) is 0 Å². The maximum atomic E-state index is 12.1. The molecule has 0 aromatic heterocycles. The number of rotatable bonds is 4. The number of hydrogen-bond acceptors (Lipinski definition) is 3. The molecule has 0 saturated carbocycles. The van der Waals surface area contributed by atoms with Crippen molar-refractivity contribution < 1.29 is 9.53 Å². The van der Waals surface area contributed by atoms with Gasteiger partial charge in [-0.1, -0.05) is 12.1 Å². The molecule has 0 aliphatic carbocycles. The number of amides is 1. The normalized spacial score (nSPS) is 23.2. The summed E-state index contributed by atoms with van der Waals surface area (Å²) in [6, 6.07) is 7.88. The van der Waals surface area contributed by atoms with Gasteiger partial charge in [0.2, 0.25) is 5.91 Å². The Balaban J connectivity index is 2.29. The van der Waals surface area contributed by atoms with Crippen molar-refractivity contribution in [2.75, 3.05) is 6.54 Å². The Kier molecular flexibility index (Phi) is 4.65. The van der Waals surface area contributed by atoms with Crippen LogP contribution in [0.25, 0.3) is 0 Å². The van der Waals surface area contributed by atoms with E-state index in [4.69, 9.17) is 10.5 Å². The van der Waals surface area contributed by atoms with E-state index in [1.165, 1.54) is 0 Å². The fourth-order valence-electron chi connectivity index (χ4n) is 2.82. The first kappa shape index (κ1) is 14.9. The number of piperidine rings is 1. The Morgan fingerprint density at radius 1 is 1.45 bits per heavy atom. The zero-order chi connectivity index (χ0) is 14.7. The highest BCUT2D eigenvalue weighted by molar-refractivity contribution is 5.78. The second-order valence-corrected chi connectivity index (χ2v) is 5.57. The SMILES string of the molecule is CCN1C(=O)CCC(N)C1c1cccc(OC(C)C)c1. The zero-order valence-electron chi connectivity index (χ0n) is 12.5. The minimum Gasteiger partial charge on any atom is -0.491 e. The van der Waals surface area contributed by atoms with Crippen molar-refractivity contribution in [3.05, 3.63) is 29.8 Å². The van der Waals surface area contributed by atoms with E-state index in [0.717, 1.165) is 17.7 Å². The third-order valence-corrected chi connectivity index (χ3v) is 3.67. The lowest BCUT2D eigenvalue weighted by Crippen LogP contribution is -2.48. The van der Waals surface area contributed by atoms with Crippen LogP contribution in [0.3, 0.4) is 0 Å². The molecular formula is C16H24N2O2. The molecule has 1 saturated heterocycles. The molecule has 1 aliphatic rings. The average Bonchev–Trinajstić information content (AvgIpc) is 2.40. The number of nitrogens with zero attached hydrogens (tertiary/aromatic N) is 1. The third kappa shape index (κ3) is 3.12. The highest BCUT2D eigenvalue weighted by atomic mass is 16.5. The lowest BCUT2D eigenvalue weighted by Gasteiger charge is -2.39. The first-order valence-electron chi connectivity index (χ1n) is 7.34. The van der Waals surface area contributed by atoms with Crippen molar-refractivity contribution in [2.45, 2.75) is 51.8 Å². The molecule has 1 heterocycles. The van der Waals surface area contributed by atoms with Crippen LogP contribution in [0, 0.1) is 0 Å². The largest absolute Gasteiger partial charge is 0.491 e. The van der Waals surface area contributed by atoms with Crippen LogP contribution in [0.5, 0.6) is 5.75 Å². The molecule has 0 radical (unpaired) electrons. The number of carbonyl (C=O) groups excluding carboxylic acids is 1. The Labute approximate surface area is 120 Å². The Hall–Kier alpha value is -1.55. The number of nitrogens with two attached hydrogens (primary N) is 1. The van der Waals surface area contributed by atoms with Crippen molar-refractivity contribution in [3.8, 4) is 5.75 Å². The summed E-state index contributed by atoms with van der Waals surface area (Å²) in [6.07, 6.45) is 1.43. The van der Waals surface area contributed by atoms with Gasteiger partial charge in [-0.3, -0.25) is 4.79 Å². The van der Waals surface area contributed by atoms with Crippen LogP contribution in [0.2, 0.25) is 0 Å². The zero-order valence-corrected chi connectivity index (χ0v) is 12.5. The molecule has 20 heavy (non-hydrogen) atoms. The summed E-state index contributed by atoms with van der Waals surface area (Å²) in [5.74, 6) is 1.02. The summed E-state index contributed by atoms with van der Waals surface area (Å²) in [4.78, 5) is 13.9. The lowest BCUT2D eigenvalue weighted by atomic mass is 9.90. The van der Waals surface area contributed by atoms with Gasteiger partial charge in [0.25, 0.3) is 0 Å². The van der Waals surface area contributed by atoms with E-state index >= 15 is 0 Å². The van der Waals surface area contributed by atoms with Crippen molar-refractivity contribution in [1.82, 2.24) is 4.90 Å². The molecule has 1 fully saturated rings. The van der Waals surface area contributed by atoms with Crippen LogP contribution < -0.4 is 10.5 Å². The second-order valence-electron chi connectivity index (χ2n) is 5.57. The van der Waals surface area contributed by atoms with E-state index in [0.29, 0.717) is 13.0 Å². The molecule has 2 N–H and O–H groups in total. The molecule has 2 rings (SSSR count). The van der Waals surface area contributed by atoms with Gasteiger partial charge >= 0.3 is 0 Å². The van der Waals surface area contributed by atoms with Gasteiger partial charge in [-0.15, -0.1) is 0 Å². The molecule has 1 aromatic carbocycles. The number of likely N-dealkylation sites (tertiary alicyclic amines) is 1. The lowest BCUT2D eigenvalue weighted by molar-refractivity contribution is -0.137. The van der Waals surface area contributed by atoms with Crippen LogP contribution >= 0.6 is 0 Å². The van der Waals surface area contributed by atoms with Crippen LogP contribution in [-0.2, 0) is 4.79 Å². The number of carbonyl (C=O) groups is 1. The quantitative estimate of drug-likeness (QED) is 0.919. The predicted molar refractivity (Wildman–Crippen MR) is 79.5 cm³/mol. The van der Waals surface area contributed by atoms with E-state index in [2.05, 4.69) is 0 Å². The first-order chi connectivity index (χ1) is 9.52. The average molecular weight is 276 g/mol. The van der Waals surface area contributed by atoms with Crippen molar-refractivity contribution in [2.24, 2.45) is 5.73 Å². The van der Waals surface area contributed by atoms with Crippen LogP contribution in [0.15, 0.2) is 24.3 Å². The number of likely N-dealkylation sites (N-methyl/N-ethyl adjacent to an activating group) is 1. The van der Waals surface area contributed by atoms with Gasteiger partial charge < -0.3 is 15.4 Å². The van der Waals surface area contributed by atoms with E-state index in [-0.39, 0.29) is 24.1 Å². The van der Waals surface area contributed by atoms with Crippen LogP contribution in [0.1, 0.15) is 45.2 Å². The summed E-state index contributed by atoms with van der Waals surface area (Å²) in [5, 5.41) is 0. The minimum absolute atomic E-state index is 0.0121. The smallest absolute Gasteiger partial charge is 0.223 e. The number of hydrogen-bond donors (Lipinski definition) is 1. The van der Waals surface area contributed by atoms with E-state index < -0.39 is 0 Å². The predicted octanol–water partition coefficient (Wildman–Crippen LogP) is 2.48. The highest BCUT2D eigenvalue weighted by Gasteiger charge is 2.33. The second kappa shape index (κ2) is 6.27. The Morgan fingerprint density at radius 3 is 2.85 bits per heavy atom. The Morgan fingerprint density at radius 2 is 2.20 bits per heavy atom. The molecule has 110 valence electrons. The van der Waals surface area contributed by atoms with Crippen molar-refractivity contribution >= 4 is 5.91 Å². The summed E-state index contributed by atoms with van der Waals surface area (Å²) in [5.41, 5.74) is 7.32. The maximum absolute atomic E-state index is 12.1. The minimum atomic E-state index is -0.0445. The van der Waals surface area contributed by atoms with E-state index in [1.807, 2.05) is 49.9 Å². The fourth-order valence-corrected chi connectivity index (χ4v) is 2.82. The summed E-state index contributed by atoms with van der Waals surface area (Å²) >= 11 is 0. The first-order valence-corrected chi connectivity index (χ1v) is 7.34. The molecule has 1 aromatic rings. The molecule has 2 atom stereocenters. The molecule has 0 spiro atoms. The van der Waals surface area contributed by atoms with Gasteiger partial charge in [-0.05, 0) is 44.9 Å². The van der Waals surface area contributed by atoms with Gasteiger partial charge in [-0.2, -0.15) is 0 Å². The summed E-state index contributed by atoms with van der Waals surface area (Å²) in [6.45, 7) is 6.69. The van der Waals surface area contributed by atoms with Gasteiger partial charge in [0.05, 0.1) is 12.1 Å². The highest BCUT2D eigenvalue weighted by Crippen LogP contribution is 2.32. The molecule has 0 bridgehead atoms. The molecule has 1 aliphatic heterocycles. The Bertz CT molecular complexity index is 473. The van der Waals surface area contributed by atoms with Gasteiger partial charge in [0.15, 0.2) is 0 Å². The molecular weight excluding hydrogens is 252 g/mol. The molecule has 4 heteroatoms. The third-order valence-electron chi connectivity index (χ3n) is 3.67.